The van der Waals surface area contributed by atoms with Crippen molar-refractivity contribution in [2.45, 2.75) is 124 Å². The van der Waals surface area contributed by atoms with Gasteiger partial charge in [0.2, 0.25) is 0 Å². The predicted octanol–water partition coefficient (Wildman–Crippen LogP) is 5.68. The highest BCUT2D eigenvalue weighted by atomic mass is 16.3. The van der Waals surface area contributed by atoms with Gasteiger partial charge in [0.25, 0.3) is 0 Å². The number of carbonyl (C=O) groups excluding carboxylic acids is 1. The first-order valence-electron chi connectivity index (χ1n) is 13.7. The highest BCUT2D eigenvalue weighted by molar-refractivity contribution is 5.85. The van der Waals surface area contributed by atoms with Gasteiger partial charge < -0.3 is 15.3 Å². The van der Waals surface area contributed by atoms with Crippen molar-refractivity contribution in [2.75, 3.05) is 0 Å². The van der Waals surface area contributed by atoms with E-state index in [1.165, 1.54) is 0 Å². The van der Waals surface area contributed by atoms with E-state index in [0.717, 1.165) is 38.5 Å². The molecular weight excluding hydrogens is 424 g/mol. The van der Waals surface area contributed by atoms with E-state index >= 15 is 0 Å². The average molecular weight is 475 g/mol. The Morgan fingerprint density at radius 2 is 1.56 bits per heavy atom. The van der Waals surface area contributed by atoms with Crippen LogP contribution in [0.5, 0.6) is 0 Å². The molecule has 0 aromatic heterocycles. The zero-order chi connectivity index (χ0) is 25.5. The molecule has 0 spiro atoms. The summed E-state index contributed by atoms with van der Waals surface area (Å²) in [4.78, 5) is 12.9. The first-order valence-corrected chi connectivity index (χ1v) is 13.7. The third-order valence-electron chi connectivity index (χ3n) is 12.0. The number of hydrogen-bond donors (Lipinski definition) is 3. The number of carbonyl (C=O) groups is 1. The molecule has 9 atom stereocenters. The van der Waals surface area contributed by atoms with E-state index in [0.29, 0.717) is 30.5 Å². The van der Waals surface area contributed by atoms with Gasteiger partial charge in [0.05, 0.1) is 17.3 Å². The van der Waals surface area contributed by atoms with Crippen LogP contribution >= 0.6 is 0 Å². The van der Waals surface area contributed by atoms with Crippen molar-refractivity contribution in [1.29, 1.82) is 0 Å². The van der Waals surface area contributed by atoms with Crippen molar-refractivity contribution in [3.05, 3.63) is 12.2 Å². The van der Waals surface area contributed by atoms with Crippen molar-refractivity contribution >= 4 is 5.78 Å². The molecule has 0 radical (unpaired) electrons. The largest absolute Gasteiger partial charge is 0.393 e. The summed E-state index contributed by atoms with van der Waals surface area (Å²) in [5.41, 5.74) is -1.99. The monoisotopic (exact) mass is 474 g/mol. The van der Waals surface area contributed by atoms with E-state index in [9.17, 15) is 20.1 Å². The fourth-order valence-corrected chi connectivity index (χ4v) is 9.99. The average Bonchev–Trinajstić information content (AvgIpc) is 3.07. The maximum atomic E-state index is 12.9. The standard InChI is InChI=1S/C30H50O4/c1-25(2,33)13-9-14-30(8,34)19-10-16-29(7)24(19)20(31)18-22-27(5)15-12-23(32)26(3,4)21(27)11-17-28(22,29)6/h9,13,19-22,24,31,33-34H,10-12,14-18H2,1-8H3/b13-9+/t19-,20+,21-,22+,24-,27-,28+,29+,30-/m0/s1. The summed E-state index contributed by atoms with van der Waals surface area (Å²) in [5.74, 6) is 1.28. The highest BCUT2D eigenvalue weighted by Crippen LogP contribution is 2.75. The number of ketones is 1. The maximum Gasteiger partial charge on any atom is 0.138 e. The van der Waals surface area contributed by atoms with Gasteiger partial charge in [-0.2, -0.15) is 0 Å². The Balaban J connectivity index is 1.66. The van der Waals surface area contributed by atoms with Crippen LogP contribution in [0.3, 0.4) is 0 Å². The SMILES string of the molecule is CC(C)(O)/C=C/C[C@](C)(O)[C@H]1CC[C@]2(C)[C@@H]1[C@H](O)C[C@@H]1[C@@]3(C)CCC(=O)C(C)(C)[C@@H]3CC[C@]12C. The quantitative estimate of drug-likeness (QED) is 0.458. The van der Waals surface area contributed by atoms with Gasteiger partial charge in [0.15, 0.2) is 0 Å². The Morgan fingerprint density at radius 1 is 0.941 bits per heavy atom. The van der Waals surface area contributed by atoms with Crippen LogP contribution < -0.4 is 0 Å². The van der Waals surface area contributed by atoms with Gasteiger partial charge in [-0.05, 0) is 106 Å². The Morgan fingerprint density at radius 3 is 2.18 bits per heavy atom. The molecule has 4 saturated carbocycles. The molecule has 0 aliphatic heterocycles. The molecule has 4 heteroatoms. The van der Waals surface area contributed by atoms with Crippen LogP contribution in [-0.2, 0) is 4.79 Å². The molecule has 4 rings (SSSR count). The first-order chi connectivity index (χ1) is 15.4. The second-order valence-electron chi connectivity index (χ2n) is 14.7. The lowest BCUT2D eigenvalue weighted by molar-refractivity contribution is -0.232. The van der Waals surface area contributed by atoms with Gasteiger partial charge in [-0.3, -0.25) is 4.79 Å². The zero-order valence-electron chi connectivity index (χ0n) is 22.9. The first kappa shape index (κ1) is 26.4. The van der Waals surface area contributed by atoms with Gasteiger partial charge in [0.1, 0.15) is 5.78 Å². The Kier molecular flexibility index (Phi) is 6.12. The zero-order valence-corrected chi connectivity index (χ0v) is 22.9. The summed E-state index contributed by atoms with van der Waals surface area (Å²) in [6.45, 7) is 17.0. The number of hydrogen-bond acceptors (Lipinski definition) is 4. The van der Waals surface area contributed by atoms with Crippen molar-refractivity contribution in [1.82, 2.24) is 0 Å². The van der Waals surface area contributed by atoms with Crippen LogP contribution in [0, 0.1) is 45.3 Å². The van der Waals surface area contributed by atoms with Gasteiger partial charge in [0, 0.05) is 11.8 Å². The van der Waals surface area contributed by atoms with E-state index in [-0.39, 0.29) is 33.5 Å². The van der Waals surface area contributed by atoms with Gasteiger partial charge in [-0.15, -0.1) is 0 Å². The molecule has 0 aromatic carbocycles. The number of aliphatic hydroxyl groups is 3. The maximum absolute atomic E-state index is 12.9. The predicted molar refractivity (Wildman–Crippen MR) is 136 cm³/mol. The van der Waals surface area contributed by atoms with Gasteiger partial charge >= 0.3 is 0 Å². The minimum absolute atomic E-state index is 0.0339. The fraction of sp³-hybridized carbons (Fsp3) is 0.900. The Hall–Kier alpha value is -0.710. The molecule has 4 aliphatic rings. The second kappa shape index (κ2) is 7.89. The van der Waals surface area contributed by atoms with Crippen molar-refractivity contribution in [2.24, 2.45) is 45.3 Å². The molecule has 0 bridgehead atoms. The van der Waals surface area contributed by atoms with Crippen LogP contribution in [0.25, 0.3) is 0 Å². The smallest absolute Gasteiger partial charge is 0.138 e. The van der Waals surface area contributed by atoms with E-state index < -0.39 is 17.3 Å². The molecule has 3 N–H and O–H groups in total. The summed E-state index contributed by atoms with van der Waals surface area (Å²) >= 11 is 0. The van der Waals surface area contributed by atoms with Gasteiger partial charge in [-0.1, -0.05) is 46.8 Å². The number of rotatable bonds is 4. The molecule has 0 amide bonds. The van der Waals surface area contributed by atoms with Crippen molar-refractivity contribution in [3.63, 3.8) is 0 Å². The van der Waals surface area contributed by atoms with Crippen LogP contribution in [0.2, 0.25) is 0 Å². The molecule has 4 fully saturated rings. The normalized spacial score (nSPS) is 48.2. The van der Waals surface area contributed by atoms with Crippen LogP contribution in [0.1, 0.15) is 107 Å². The third kappa shape index (κ3) is 3.68. The molecule has 0 heterocycles. The second-order valence-corrected chi connectivity index (χ2v) is 14.7. The van der Waals surface area contributed by atoms with E-state index in [2.05, 4.69) is 34.6 Å². The van der Waals surface area contributed by atoms with E-state index in [1.807, 2.05) is 13.0 Å². The third-order valence-corrected chi connectivity index (χ3v) is 12.0. The minimum atomic E-state index is -0.922. The molecule has 34 heavy (non-hydrogen) atoms. The van der Waals surface area contributed by atoms with E-state index in [1.54, 1.807) is 19.9 Å². The molecule has 194 valence electrons. The van der Waals surface area contributed by atoms with E-state index in [4.69, 9.17) is 0 Å². The number of aliphatic hydroxyl groups excluding tert-OH is 1. The summed E-state index contributed by atoms with van der Waals surface area (Å²) in [6, 6.07) is 0. The molecule has 0 aromatic rings. The van der Waals surface area contributed by atoms with Crippen molar-refractivity contribution < 1.29 is 20.1 Å². The summed E-state index contributed by atoms with van der Waals surface area (Å²) in [7, 11) is 0. The number of fused-ring (bicyclic) bond motifs is 5. The van der Waals surface area contributed by atoms with Crippen LogP contribution in [0.15, 0.2) is 12.2 Å². The summed E-state index contributed by atoms with van der Waals surface area (Å²) in [6.07, 6.45) is 10.2. The lowest BCUT2D eigenvalue weighted by Gasteiger charge is -2.69. The molecule has 4 nitrogen and oxygen atoms in total. The van der Waals surface area contributed by atoms with Gasteiger partial charge in [-0.25, -0.2) is 0 Å². The molecule has 4 aliphatic carbocycles. The Labute approximate surface area is 207 Å². The lowest BCUT2D eigenvalue weighted by atomic mass is 9.35. The van der Waals surface area contributed by atoms with Crippen molar-refractivity contribution in [3.8, 4) is 0 Å². The minimum Gasteiger partial charge on any atom is -0.393 e. The molecular formula is C30H50O4. The topological polar surface area (TPSA) is 77.8 Å². The van der Waals surface area contributed by atoms with Crippen LogP contribution in [-0.4, -0.2) is 38.4 Å². The summed E-state index contributed by atoms with van der Waals surface area (Å²) < 4.78 is 0. The molecule has 0 unspecified atom stereocenters. The fourth-order valence-electron chi connectivity index (χ4n) is 9.99. The van der Waals surface area contributed by atoms with Crippen LogP contribution in [0.4, 0.5) is 0 Å². The summed E-state index contributed by atoms with van der Waals surface area (Å²) in [5, 5.41) is 33.4. The number of Topliss-reactive ketones (excluding diaryl/α,β-unsaturated/α-hetero) is 1. The Bertz CT molecular complexity index is 850. The lowest BCUT2D eigenvalue weighted by Crippen LogP contribution is -2.66. The highest BCUT2D eigenvalue weighted by Gasteiger charge is 2.71. The molecule has 0 saturated heterocycles.